The lowest BCUT2D eigenvalue weighted by molar-refractivity contribution is -0.151. The van der Waals surface area contributed by atoms with E-state index in [4.69, 9.17) is 27.9 Å². The molecule has 0 aliphatic carbocycles. The third kappa shape index (κ3) is 3.62. The number of halogens is 3. The van der Waals surface area contributed by atoms with Crippen molar-refractivity contribution in [3.63, 3.8) is 0 Å². The largest absolute Gasteiger partial charge is 0.464 e. The fourth-order valence-corrected chi connectivity index (χ4v) is 2.58. The van der Waals surface area contributed by atoms with Gasteiger partial charge in [0.2, 0.25) is 0 Å². The zero-order valence-electron chi connectivity index (χ0n) is 11.9. The summed E-state index contributed by atoms with van der Waals surface area (Å²) in [5, 5.41) is 3.20. The Labute approximate surface area is 128 Å². The monoisotopic (exact) mass is 321 g/mol. The van der Waals surface area contributed by atoms with Crippen LogP contribution in [0.15, 0.2) is 12.1 Å². The lowest BCUT2D eigenvalue weighted by Crippen LogP contribution is -2.50. The van der Waals surface area contributed by atoms with Gasteiger partial charge in [0.1, 0.15) is 11.4 Å². The molecule has 6 heteroatoms. The summed E-state index contributed by atoms with van der Waals surface area (Å²) in [6.45, 7) is 7.29. The van der Waals surface area contributed by atoms with E-state index in [1.54, 1.807) is 13.8 Å². The minimum Gasteiger partial charge on any atom is -0.464 e. The molecule has 1 atom stereocenters. The Balaban J connectivity index is 3.37. The Kier molecular flexibility index (Phi) is 5.80. The third-order valence-electron chi connectivity index (χ3n) is 2.81. The Hall–Kier alpha value is -0.840. The predicted molar refractivity (Wildman–Crippen MR) is 78.7 cm³/mol. The molecule has 0 bridgehead atoms. The number of nitrogens with one attached hydrogen (secondary N) is 1. The topological polar surface area (TPSA) is 38.3 Å². The van der Waals surface area contributed by atoms with Gasteiger partial charge in [0.25, 0.3) is 0 Å². The van der Waals surface area contributed by atoms with Crippen LogP contribution < -0.4 is 5.32 Å². The SMILES string of the molecule is CCOC(=O)C(C)(NC(C)C)c1cc(F)c(Cl)cc1Cl. The zero-order chi connectivity index (χ0) is 15.5. The van der Waals surface area contributed by atoms with E-state index in [0.29, 0.717) is 5.56 Å². The predicted octanol–water partition coefficient (Wildman–Crippen LogP) is 3.91. The van der Waals surface area contributed by atoms with Crippen molar-refractivity contribution in [1.29, 1.82) is 0 Å². The Morgan fingerprint density at radius 2 is 2.00 bits per heavy atom. The smallest absolute Gasteiger partial charge is 0.330 e. The summed E-state index contributed by atoms with van der Waals surface area (Å²) in [5.41, 5.74) is -0.944. The second-order valence-corrected chi connectivity index (χ2v) is 5.71. The number of benzene rings is 1. The lowest BCUT2D eigenvalue weighted by atomic mass is 9.91. The van der Waals surface area contributed by atoms with Gasteiger partial charge in [-0.3, -0.25) is 5.32 Å². The van der Waals surface area contributed by atoms with Gasteiger partial charge < -0.3 is 4.74 Å². The average Bonchev–Trinajstić information content (AvgIpc) is 2.33. The molecule has 0 saturated carbocycles. The molecule has 0 aromatic heterocycles. The van der Waals surface area contributed by atoms with Gasteiger partial charge in [-0.15, -0.1) is 0 Å². The molecule has 1 rings (SSSR count). The van der Waals surface area contributed by atoms with Crippen LogP contribution in [0, 0.1) is 5.82 Å². The lowest BCUT2D eigenvalue weighted by Gasteiger charge is -2.32. The van der Waals surface area contributed by atoms with Crippen LogP contribution in [0.5, 0.6) is 0 Å². The van der Waals surface area contributed by atoms with E-state index >= 15 is 0 Å². The van der Waals surface area contributed by atoms with Crippen molar-refractivity contribution in [3.8, 4) is 0 Å². The average molecular weight is 322 g/mol. The van der Waals surface area contributed by atoms with E-state index in [1.165, 1.54) is 6.07 Å². The standard InChI is InChI=1S/C14H18Cl2FNO2/c1-5-20-13(19)14(4,18-8(2)3)9-6-12(17)11(16)7-10(9)15/h6-8,18H,5H2,1-4H3. The van der Waals surface area contributed by atoms with Crippen LogP contribution in [0.25, 0.3) is 0 Å². The second kappa shape index (κ2) is 6.74. The summed E-state index contributed by atoms with van der Waals surface area (Å²) in [7, 11) is 0. The van der Waals surface area contributed by atoms with E-state index in [0.717, 1.165) is 6.07 Å². The van der Waals surface area contributed by atoms with Gasteiger partial charge in [-0.25, -0.2) is 9.18 Å². The van der Waals surface area contributed by atoms with Gasteiger partial charge >= 0.3 is 5.97 Å². The molecule has 1 N–H and O–H groups in total. The first kappa shape index (κ1) is 17.2. The highest BCUT2D eigenvalue weighted by atomic mass is 35.5. The second-order valence-electron chi connectivity index (χ2n) is 4.89. The first-order valence-corrected chi connectivity index (χ1v) is 7.07. The molecule has 0 saturated heterocycles. The molecule has 1 aromatic carbocycles. The van der Waals surface area contributed by atoms with Gasteiger partial charge in [-0.2, -0.15) is 0 Å². The van der Waals surface area contributed by atoms with Gasteiger partial charge in [0, 0.05) is 16.6 Å². The van der Waals surface area contributed by atoms with Crippen molar-refractivity contribution >= 4 is 29.2 Å². The fourth-order valence-electron chi connectivity index (χ4n) is 2.01. The third-order valence-corrected chi connectivity index (χ3v) is 3.41. The molecule has 0 aliphatic rings. The van der Waals surface area contributed by atoms with E-state index in [-0.39, 0.29) is 22.7 Å². The summed E-state index contributed by atoms with van der Waals surface area (Å²) >= 11 is 11.8. The molecule has 0 aliphatic heterocycles. The summed E-state index contributed by atoms with van der Waals surface area (Å²) in [6, 6.07) is 2.42. The maximum Gasteiger partial charge on any atom is 0.330 e. The molecular formula is C14H18Cl2FNO2. The van der Waals surface area contributed by atoms with Crippen molar-refractivity contribution in [2.75, 3.05) is 6.61 Å². The Morgan fingerprint density at radius 1 is 1.40 bits per heavy atom. The van der Waals surface area contributed by atoms with Gasteiger partial charge in [0.05, 0.1) is 11.6 Å². The minimum atomic E-state index is -1.24. The minimum absolute atomic E-state index is 0.0285. The maximum absolute atomic E-state index is 13.7. The normalized spacial score (nSPS) is 14.2. The number of esters is 1. The summed E-state index contributed by atoms with van der Waals surface area (Å²) in [6.07, 6.45) is 0. The van der Waals surface area contributed by atoms with Gasteiger partial charge in [-0.05, 0) is 39.8 Å². The van der Waals surface area contributed by atoms with Crippen LogP contribution in [-0.2, 0) is 15.1 Å². The van der Waals surface area contributed by atoms with Crippen molar-refractivity contribution in [3.05, 3.63) is 33.6 Å². The molecule has 3 nitrogen and oxygen atoms in total. The van der Waals surface area contributed by atoms with Crippen molar-refractivity contribution in [2.45, 2.75) is 39.3 Å². The van der Waals surface area contributed by atoms with E-state index in [9.17, 15) is 9.18 Å². The highest BCUT2D eigenvalue weighted by molar-refractivity contribution is 6.35. The fraction of sp³-hybridized carbons (Fsp3) is 0.500. The molecule has 0 amide bonds. The van der Waals surface area contributed by atoms with Crippen molar-refractivity contribution in [2.24, 2.45) is 0 Å². The van der Waals surface area contributed by atoms with E-state index in [1.807, 2.05) is 13.8 Å². The number of hydrogen-bond donors (Lipinski definition) is 1. The molecular weight excluding hydrogens is 304 g/mol. The Morgan fingerprint density at radius 3 is 2.50 bits per heavy atom. The van der Waals surface area contributed by atoms with Gasteiger partial charge in [-0.1, -0.05) is 23.2 Å². The molecule has 1 aromatic rings. The molecule has 112 valence electrons. The molecule has 1 unspecified atom stereocenters. The van der Waals surface area contributed by atoms with E-state index in [2.05, 4.69) is 5.32 Å². The van der Waals surface area contributed by atoms with Crippen LogP contribution in [0.1, 0.15) is 33.3 Å². The van der Waals surface area contributed by atoms with Crippen LogP contribution in [0.3, 0.4) is 0 Å². The molecule has 0 fully saturated rings. The Bertz CT molecular complexity index is 508. The van der Waals surface area contributed by atoms with Crippen LogP contribution in [-0.4, -0.2) is 18.6 Å². The summed E-state index contributed by atoms with van der Waals surface area (Å²) < 4.78 is 18.8. The van der Waals surface area contributed by atoms with Gasteiger partial charge in [0.15, 0.2) is 0 Å². The number of ether oxygens (including phenoxy) is 1. The van der Waals surface area contributed by atoms with Crippen molar-refractivity contribution in [1.82, 2.24) is 5.32 Å². The number of hydrogen-bond acceptors (Lipinski definition) is 3. The first-order chi connectivity index (χ1) is 9.22. The maximum atomic E-state index is 13.7. The molecule has 0 radical (unpaired) electrons. The summed E-state index contributed by atoms with van der Waals surface area (Å²) in [4.78, 5) is 12.3. The van der Waals surface area contributed by atoms with Crippen LogP contribution >= 0.6 is 23.2 Å². The van der Waals surface area contributed by atoms with Crippen molar-refractivity contribution < 1.29 is 13.9 Å². The number of carbonyl (C=O) groups is 1. The zero-order valence-corrected chi connectivity index (χ0v) is 13.4. The molecule has 0 heterocycles. The number of rotatable bonds is 5. The van der Waals surface area contributed by atoms with Crippen LogP contribution in [0.2, 0.25) is 10.0 Å². The highest BCUT2D eigenvalue weighted by Crippen LogP contribution is 2.33. The summed E-state index contributed by atoms with van der Waals surface area (Å²) in [5.74, 6) is -1.15. The molecule has 0 spiro atoms. The van der Waals surface area contributed by atoms with E-state index < -0.39 is 17.3 Å². The number of carbonyl (C=O) groups excluding carboxylic acids is 1. The quantitative estimate of drug-likeness (QED) is 0.660. The van der Waals surface area contributed by atoms with Crippen LogP contribution in [0.4, 0.5) is 4.39 Å². The first-order valence-electron chi connectivity index (χ1n) is 6.32. The molecule has 20 heavy (non-hydrogen) atoms. The highest BCUT2D eigenvalue weighted by Gasteiger charge is 2.39.